The number of para-hydroxylation sites is 2. The summed E-state index contributed by atoms with van der Waals surface area (Å²) in [4.78, 5) is 24.8. The Hall–Kier alpha value is -3.99. The predicted molar refractivity (Wildman–Crippen MR) is 138 cm³/mol. The number of nitrogens with one attached hydrogen (secondary N) is 2. The van der Waals surface area contributed by atoms with Gasteiger partial charge in [-0.3, -0.25) is 9.59 Å². The van der Waals surface area contributed by atoms with Crippen molar-refractivity contribution in [2.45, 2.75) is 25.2 Å². The molecule has 2 N–H and O–H groups in total. The Bertz CT molecular complexity index is 1230. The zero-order chi connectivity index (χ0) is 25.9. The SMILES string of the molecule is CCn1c(CNC(=O)/C=C/c2ccc(OC)c(OC)c2)nnc1SCC(=O)Nc1ccccc1OC. The second-order valence-corrected chi connectivity index (χ2v) is 8.29. The van der Waals surface area contributed by atoms with E-state index < -0.39 is 0 Å². The van der Waals surface area contributed by atoms with Crippen LogP contribution in [0.1, 0.15) is 18.3 Å². The van der Waals surface area contributed by atoms with Crippen LogP contribution in [0.15, 0.2) is 53.7 Å². The minimum atomic E-state index is -0.277. The normalized spacial score (nSPS) is 10.8. The molecule has 2 aromatic carbocycles. The Balaban J connectivity index is 1.54. The molecule has 11 heteroatoms. The lowest BCUT2D eigenvalue weighted by molar-refractivity contribution is -0.116. The molecule has 0 spiro atoms. The highest BCUT2D eigenvalue weighted by molar-refractivity contribution is 7.99. The molecule has 3 aromatic rings. The molecule has 0 saturated heterocycles. The van der Waals surface area contributed by atoms with E-state index in [4.69, 9.17) is 14.2 Å². The molecule has 36 heavy (non-hydrogen) atoms. The maximum atomic E-state index is 12.4. The Morgan fingerprint density at radius 1 is 1.00 bits per heavy atom. The number of rotatable bonds is 12. The van der Waals surface area contributed by atoms with Crippen molar-refractivity contribution in [1.82, 2.24) is 20.1 Å². The molecular weight excluding hydrogens is 482 g/mol. The first-order valence-corrected chi connectivity index (χ1v) is 12.1. The molecule has 0 unspecified atom stereocenters. The van der Waals surface area contributed by atoms with Crippen LogP contribution in [0.5, 0.6) is 17.2 Å². The van der Waals surface area contributed by atoms with Crippen molar-refractivity contribution in [2.75, 3.05) is 32.4 Å². The lowest BCUT2D eigenvalue weighted by Gasteiger charge is -2.10. The summed E-state index contributed by atoms with van der Waals surface area (Å²) in [7, 11) is 4.67. The molecule has 0 fully saturated rings. The Labute approximate surface area is 214 Å². The summed E-state index contributed by atoms with van der Waals surface area (Å²) >= 11 is 1.27. The van der Waals surface area contributed by atoms with Crippen LogP contribution in [0.4, 0.5) is 5.69 Å². The van der Waals surface area contributed by atoms with Gasteiger partial charge in [-0.1, -0.05) is 30.0 Å². The van der Waals surface area contributed by atoms with Crippen LogP contribution in [0.25, 0.3) is 6.08 Å². The van der Waals surface area contributed by atoms with Crippen LogP contribution < -0.4 is 24.8 Å². The topological polar surface area (TPSA) is 117 Å². The largest absolute Gasteiger partial charge is 0.495 e. The smallest absolute Gasteiger partial charge is 0.244 e. The summed E-state index contributed by atoms with van der Waals surface area (Å²) in [5, 5.41) is 14.6. The second-order valence-electron chi connectivity index (χ2n) is 7.35. The van der Waals surface area contributed by atoms with Gasteiger partial charge in [0.05, 0.1) is 39.3 Å². The van der Waals surface area contributed by atoms with E-state index in [1.807, 2.05) is 29.7 Å². The van der Waals surface area contributed by atoms with E-state index in [1.165, 1.54) is 17.8 Å². The molecule has 0 aliphatic rings. The van der Waals surface area contributed by atoms with E-state index >= 15 is 0 Å². The fourth-order valence-electron chi connectivity index (χ4n) is 3.29. The number of thioether (sulfide) groups is 1. The minimum absolute atomic E-state index is 0.149. The number of hydrogen-bond acceptors (Lipinski definition) is 8. The van der Waals surface area contributed by atoms with Gasteiger partial charge < -0.3 is 29.4 Å². The third-order valence-corrected chi connectivity index (χ3v) is 6.05. The average Bonchev–Trinajstić information content (AvgIpc) is 3.31. The van der Waals surface area contributed by atoms with Gasteiger partial charge in [0.2, 0.25) is 11.8 Å². The van der Waals surface area contributed by atoms with Crippen LogP contribution in [-0.2, 0) is 22.7 Å². The van der Waals surface area contributed by atoms with Gasteiger partial charge in [-0.25, -0.2) is 0 Å². The lowest BCUT2D eigenvalue weighted by Crippen LogP contribution is -2.22. The number of anilines is 1. The van der Waals surface area contributed by atoms with E-state index in [-0.39, 0.29) is 24.1 Å². The van der Waals surface area contributed by atoms with Gasteiger partial charge in [-0.05, 0) is 42.8 Å². The highest BCUT2D eigenvalue weighted by Crippen LogP contribution is 2.28. The fourth-order valence-corrected chi connectivity index (χ4v) is 4.11. The summed E-state index contributed by atoms with van der Waals surface area (Å²) in [6.07, 6.45) is 3.12. The molecule has 0 bridgehead atoms. The Morgan fingerprint density at radius 3 is 2.47 bits per heavy atom. The Kier molecular flexibility index (Phi) is 9.75. The number of carbonyl (C=O) groups excluding carboxylic acids is 2. The van der Waals surface area contributed by atoms with Crippen molar-refractivity contribution < 1.29 is 23.8 Å². The van der Waals surface area contributed by atoms with Crippen molar-refractivity contribution in [3.05, 3.63) is 59.9 Å². The minimum Gasteiger partial charge on any atom is -0.495 e. The summed E-state index contributed by atoms with van der Waals surface area (Å²) in [5.74, 6) is 2.06. The van der Waals surface area contributed by atoms with E-state index in [0.717, 1.165) is 5.56 Å². The molecule has 190 valence electrons. The molecule has 1 aromatic heterocycles. The number of ether oxygens (including phenoxy) is 3. The summed E-state index contributed by atoms with van der Waals surface area (Å²) < 4.78 is 17.6. The third kappa shape index (κ3) is 7.01. The van der Waals surface area contributed by atoms with Crippen LogP contribution in [0.2, 0.25) is 0 Å². The molecule has 10 nitrogen and oxygen atoms in total. The van der Waals surface area contributed by atoms with Gasteiger partial charge >= 0.3 is 0 Å². The lowest BCUT2D eigenvalue weighted by atomic mass is 10.2. The summed E-state index contributed by atoms with van der Waals surface area (Å²) in [5.41, 5.74) is 1.40. The summed E-state index contributed by atoms with van der Waals surface area (Å²) in [6.45, 7) is 2.74. The quantitative estimate of drug-likeness (QED) is 0.281. The van der Waals surface area contributed by atoms with E-state index in [0.29, 0.717) is 40.5 Å². The average molecular weight is 512 g/mol. The van der Waals surface area contributed by atoms with Gasteiger partial charge in [0.15, 0.2) is 22.5 Å². The number of benzene rings is 2. The van der Waals surface area contributed by atoms with Gasteiger partial charge in [0.25, 0.3) is 0 Å². The van der Waals surface area contributed by atoms with Gasteiger partial charge in [-0.2, -0.15) is 0 Å². The molecule has 1 heterocycles. The molecular formula is C25H29N5O5S. The predicted octanol–water partition coefficient (Wildman–Crippen LogP) is 3.38. The zero-order valence-electron chi connectivity index (χ0n) is 20.6. The number of carbonyl (C=O) groups is 2. The van der Waals surface area contributed by atoms with Crippen molar-refractivity contribution >= 4 is 35.3 Å². The van der Waals surface area contributed by atoms with Crippen LogP contribution in [0.3, 0.4) is 0 Å². The highest BCUT2D eigenvalue weighted by Gasteiger charge is 2.14. The monoisotopic (exact) mass is 511 g/mol. The highest BCUT2D eigenvalue weighted by atomic mass is 32.2. The first kappa shape index (κ1) is 26.6. The van der Waals surface area contributed by atoms with Gasteiger partial charge in [-0.15, -0.1) is 10.2 Å². The van der Waals surface area contributed by atoms with Gasteiger partial charge in [0, 0.05) is 12.6 Å². The second kappa shape index (κ2) is 13.2. The van der Waals surface area contributed by atoms with Gasteiger partial charge in [0.1, 0.15) is 5.75 Å². The van der Waals surface area contributed by atoms with Crippen molar-refractivity contribution in [3.8, 4) is 17.2 Å². The van der Waals surface area contributed by atoms with Crippen LogP contribution in [0, 0.1) is 0 Å². The number of hydrogen-bond donors (Lipinski definition) is 2. The number of amides is 2. The number of nitrogens with zero attached hydrogens (tertiary/aromatic N) is 3. The van der Waals surface area contributed by atoms with E-state index in [2.05, 4.69) is 20.8 Å². The fraction of sp³-hybridized carbons (Fsp3) is 0.280. The van der Waals surface area contributed by atoms with Crippen LogP contribution in [-0.4, -0.2) is 53.7 Å². The maximum Gasteiger partial charge on any atom is 0.244 e. The Morgan fingerprint density at radius 2 is 1.75 bits per heavy atom. The molecule has 0 atom stereocenters. The third-order valence-electron chi connectivity index (χ3n) is 5.08. The summed E-state index contributed by atoms with van der Waals surface area (Å²) in [6, 6.07) is 12.6. The number of methoxy groups -OCH3 is 3. The molecule has 3 rings (SSSR count). The zero-order valence-corrected chi connectivity index (χ0v) is 21.4. The first-order chi connectivity index (χ1) is 17.5. The molecule has 2 amide bonds. The molecule has 0 saturated carbocycles. The first-order valence-electron chi connectivity index (χ1n) is 11.1. The van der Waals surface area contributed by atoms with E-state index in [1.54, 1.807) is 51.7 Å². The maximum absolute atomic E-state index is 12.4. The van der Waals surface area contributed by atoms with Crippen molar-refractivity contribution in [3.63, 3.8) is 0 Å². The van der Waals surface area contributed by atoms with E-state index in [9.17, 15) is 9.59 Å². The van der Waals surface area contributed by atoms with Crippen molar-refractivity contribution in [1.29, 1.82) is 0 Å². The number of aromatic nitrogens is 3. The standard InChI is InChI=1S/C25H29N5O5S/c1-5-30-22(15-26-23(31)13-11-17-10-12-20(34-3)21(14-17)35-4)28-29-25(30)36-16-24(32)27-18-8-6-7-9-19(18)33-2/h6-14H,5,15-16H2,1-4H3,(H,26,31)(H,27,32)/b13-11+. The molecule has 0 aliphatic carbocycles. The van der Waals surface area contributed by atoms with Crippen molar-refractivity contribution in [2.24, 2.45) is 0 Å². The van der Waals surface area contributed by atoms with Crippen LogP contribution >= 0.6 is 11.8 Å². The molecule has 0 radical (unpaired) electrons. The molecule has 0 aliphatic heterocycles.